The molecule has 0 fully saturated rings. The highest BCUT2D eigenvalue weighted by molar-refractivity contribution is 5.94. The molecule has 1 rings (SSSR count). The van der Waals surface area contributed by atoms with Crippen LogP contribution in [0.15, 0.2) is 24.3 Å². The third-order valence-electron chi connectivity index (χ3n) is 2.10. The summed E-state index contributed by atoms with van der Waals surface area (Å²) < 4.78 is 5.51. The molecule has 4 nitrogen and oxygen atoms in total. The van der Waals surface area contributed by atoms with E-state index >= 15 is 0 Å². The summed E-state index contributed by atoms with van der Waals surface area (Å²) >= 11 is 0. The van der Waals surface area contributed by atoms with Crippen LogP contribution in [0.1, 0.15) is 24.2 Å². The van der Waals surface area contributed by atoms with Crippen LogP contribution in [0, 0.1) is 5.92 Å². The molecule has 1 aromatic carbocycles. The zero-order valence-electron chi connectivity index (χ0n) is 10.3. The summed E-state index contributed by atoms with van der Waals surface area (Å²) in [5.41, 5.74) is 0.565. The van der Waals surface area contributed by atoms with Gasteiger partial charge in [0, 0.05) is 12.1 Å². The Morgan fingerprint density at radius 1 is 1.35 bits per heavy atom. The fourth-order valence-electron chi connectivity index (χ4n) is 1.24. The van der Waals surface area contributed by atoms with Gasteiger partial charge in [0.15, 0.2) is 0 Å². The van der Waals surface area contributed by atoms with Gasteiger partial charge in [0.1, 0.15) is 5.75 Å². The average molecular weight is 237 g/mol. The molecule has 2 N–H and O–H groups in total. The lowest BCUT2D eigenvalue weighted by molar-refractivity contribution is 0.0944. The van der Waals surface area contributed by atoms with E-state index in [1.165, 1.54) is 0 Å². The topological polar surface area (TPSA) is 58.6 Å². The largest absolute Gasteiger partial charge is 0.493 e. The highest BCUT2D eigenvalue weighted by atomic mass is 16.5. The number of benzene rings is 1. The summed E-state index contributed by atoms with van der Waals surface area (Å²) in [6, 6.07) is 6.97. The first-order valence-electron chi connectivity index (χ1n) is 5.75. The minimum atomic E-state index is -0.186. The number of hydrogen-bond acceptors (Lipinski definition) is 3. The molecule has 0 aliphatic carbocycles. The van der Waals surface area contributed by atoms with E-state index < -0.39 is 0 Å². The number of rotatable bonds is 6. The van der Waals surface area contributed by atoms with Crippen LogP contribution < -0.4 is 10.1 Å². The molecule has 0 aliphatic heterocycles. The number of nitrogens with one attached hydrogen (secondary N) is 1. The molecule has 1 aromatic rings. The molecule has 0 bridgehead atoms. The molecular weight excluding hydrogens is 218 g/mol. The molecule has 0 radical (unpaired) electrons. The highest BCUT2D eigenvalue weighted by Gasteiger charge is 2.04. The molecule has 0 atom stereocenters. The van der Waals surface area contributed by atoms with E-state index in [2.05, 4.69) is 19.2 Å². The zero-order chi connectivity index (χ0) is 12.7. The molecule has 0 saturated carbocycles. The first kappa shape index (κ1) is 13.5. The van der Waals surface area contributed by atoms with Gasteiger partial charge in [-0.1, -0.05) is 13.8 Å². The summed E-state index contributed by atoms with van der Waals surface area (Å²) in [6.07, 6.45) is 0. The summed E-state index contributed by atoms with van der Waals surface area (Å²) in [4.78, 5) is 11.5. The van der Waals surface area contributed by atoms with E-state index in [0.29, 0.717) is 18.1 Å². The summed E-state index contributed by atoms with van der Waals surface area (Å²) in [7, 11) is 0. The third-order valence-corrected chi connectivity index (χ3v) is 2.10. The summed E-state index contributed by atoms with van der Waals surface area (Å²) in [6.45, 7) is 5.04. The Hall–Kier alpha value is -1.55. The standard InChI is InChI=1S/C13H19NO3/c1-10(2)9-17-12-5-3-11(4-6-12)13(16)14-7-8-15/h3-6,10,15H,7-9H2,1-2H3,(H,14,16). The van der Waals surface area contributed by atoms with Crippen molar-refractivity contribution in [3.63, 3.8) is 0 Å². The Balaban J connectivity index is 2.52. The Morgan fingerprint density at radius 2 is 2.00 bits per heavy atom. The van der Waals surface area contributed by atoms with Gasteiger partial charge in [0.2, 0.25) is 0 Å². The smallest absolute Gasteiger partial charge is 0.251 e. The van der Waals surface area contributed by atoms with Gasteiger partial charge in [-0.25, -0.2) is 0 Å². The molecule has 94 valence electrons. The molecular formula is C13H19NO3. The number of aliphatic hydroxyl groups is 1. The SMILES string of the molecule is CC(C)COc1ccc(C(=O)NCCO)cc1. The van der Waals surface area contributed by atoms with Crippen molar-refractivity contribution >= 4 is 5.91 Å². The molecule has 0 aliphatic rings. The maximum Gasteiger partial charge on any atom is 0.251 e. The normalized spacial score (nSPS) is 10.4. The van der Waals surface area contributed by atoms with E-state index in [9.17, 15) is 4.79 Å². The van der Waals surface area contributed by atoms with Gasteiger partial charge >= 0.3 is 0 Å². The van der Waals surface area contributed by atoms with Gasteiger partial charge in [-0.3, -0.25) is 4.79 Å². The quantitative estimate of drug-likeness (QED) is 0.787. The predicted octanol–water partition coefficient (Wildman–Crippen LogP) is 1.44. The molecule has 0 unspecified atom stereocenters. The first-order chi connectivity index (χ1) is 8.13. The minimum absolute atomic E-state index is 0.0542. The van der Waals surface area contributed by atoms with Crippen LogP contribution in [0.25, 0.3) is 0 Å². The van der Waals surface area contributed by atoms with Gasteiger partial charge in [0.25, 0.3) is 5.91 Å². The molecule has 1 amide bonds. The second kappa shape index (κ2) is 6.91. The number of ether oxygens (including phenoxy) is 1. The summed E-state index contributed by atoms with van der Waals surface area (Å²) in [5.74, 6) is 1.05. The van der Waals surface area contributed by atoms with Crippen LogP contribution in [0.3, 0.4) is 0 Å². The number of carbonyl (C=O) groups is 1. The maximum atomic E-state index is 11.5. The Bertz CT molecular complexity index is 346. The van der Waals surface area contributed by atoms with Crippen molar-refractivity contribution in [1.82, 2.24) is 5.32 Å². The van der Waals surface area contributed by atoms with Gasteiger partial charge in [-0.05, 0) is 30.2 Å². The van der Waals surface area contributed by atoms with Gasteiger partial charge < -0.3 is 15.2 Å². The molecule has 4 heteroatoms. The van der Waals surface area contributed by atoms with Crippen LogP contribution in [0.2, 0.25) is 0 Å². The second-order valence-electron chi connectivity index (χ2n) is 4.21. The first-order valence-corrected chi connectivity index (χ1v) is 5.75. The maximum absolute atomic E-state index is 11.5. The number of carbonyl (C=O) groups excluding carboxylic acids is 1. The van der Waals surface area contributed by atoms with Crippen molar-refractivity contribution in [1.29, 1.82) is 0 Å². The van der Waals surface area contributed by atoms with E-state index in [-0.39, 0.29) is 19.1 Å². The van der Waals surface area contributed by atoms with Gasteiger partial charge in [-0.15, -0.1) is 0 Å². The van der Waals surface area contributed by atoms with Crippen LogP contribution in [-0.2, 0) is 0 Å². The fourth-order valence-corrected chi connectivity index (χ4v) is 1.24. The Morgan fingerprint density at radius 3 is 2.53 bits per heavy atom. The molecule has 0 spiro atoms. The van der Waals surface area contributed by atoms with E-state index in [1.807, 2.05) is 0 Å². The van der Waals surface area contributed by atoms with Gasteiger partial charge in [-0.2, -0.15) is 0 Å². The Kier molecular flexibility index (Phi) is 5.49. The average Bonchev–Trinajstić information content (AvgIpc) is 2.34. The van der Waals surface area contributed by atoms with Crippen LogP contribution in [-0.4, -0.2) is 30.8 Å². The van der Waals surface area contributed by atoms with E-state index in [4.69, 9.17) is 9.84 Å². The van der Waals surface area contributed by atoms with Crippen LogP contribution in [0.5, 0.6) is 5.75 Å². The van der Waals surface area contributed by atoms with E-state index in [1.54, 1.807) is 24.3 Å². The minimum Gasteiger partial charge on any atom is -0.493 e. The van der Waals surface area contributed by atoms with E-state index in [0.717, 1.165) is 5.75 Å². The lowest BCUT2D eigenvalue weighted by Crippen LogP contribution is -2.26. The lowest BCUT2D eigenvalue weighted by atomic mass is 10.2. The molecule has 0 saturated heterocycles. The van der Waals surface area contributed by atoms with Gasteiger partial charge in [0.05, 0.1) is 13.2 Å². The third kappa shape index (κ3) is 4.87. The number of aliphatic hydroxyl groups excluding tert-OH is 1. The monoisotopic (exact) mass is 237 g/mol. The highest BCUT2D eigenvalue weighted by Crippen LogP contribution is 2.13. The number of amides is 1. The van der Waals surface area contributed by atoms with Crippen molar-refractivity contribution in [2.75, 3.05) is 19.8 Å². The number of hydrogen-bond donors (Lipinski definition) is 2. The molecule has 0 aromatic heterocycles. The second-order valence-corrected chi connectivity index (χ2v) is 4.21. The Labute approximate surface area is 102 Å². The zero-order valence-corrected chi connectivity index (χ0v) is 10.3. The van der Waals surface area contributed by atoms with Crippen molar-refractivity contribution in [3.05, 3.63) is 29.8 Å². The molecule has 17 heavy (non-hydrogen) atoms. The van der Waals surface area contributed by atoms with Crippen LogP contribution in [0.4, 0.5) is 0 Å². The van der Waals surface area contributed by atoms with Crippen LogP contribution >= 0.6 is 0 Å². The van der Waals surface area contributed by atoms with Crippen molar-refractivity contribution in [2.24, 2.45) is 5.92 Å². The predicted molar refractivity (Wildman–Crippen MR) is 66.2 cm³/mol. The fraction of sp³-hybridized carbons (Fsp3) is 0.462. The van der Waals surface area contributed by atoms with Crippen molar-refractivity contribution in [3.8, 4) is 5.75 Å². The summed E-state index contributed by atoms with van der Waals surface area (Å²) in [5, 5.41) is 11.2. The lowest BCUT2D eigenvalue weighted by Gasteiger charge is -2.09. The molecule has 0 heterocycles. The van der Waals surface area contributed by atoms with Crippen molar-refractivity contribution < 1.29 is 14.6 Å². The van der Waals surface area contributed by atoms with Crippen molar-refractivity contribution in [2.45, 2.75) is 13.8 Å².